The number of fused-ring (bicyclic) bond motifs is 3. The van der Waals surface area contributed by atoms with Crippen LogP contribution in [0.25, 0.3) is 11.2 Å². The number of nitrogens with zero attached hydrogens (tertiary/aromatic N) is 5. The highest BCUT2D eigenvalue weighted by Gasteiger charge is 2.40. The number of hydrogen-bond donors (Lipinski definition) is 3. The third-order valence-electron chi connectivity index (χ3n) is 6.17. The number of aliphatic carboxylic acids is 1. The van der Waals surface area contributed by atoms with Crippen molar-refractivity contribution >= 4 is 28.6 Å². The molecule has 0 amide bonds. The molecule has 0 aromatic carbocycles. The van der Waals surface area contributed by atoms with Crippen LogP contribution in [-0.4, -0.2) is 35.2 Å². The van der Waals surface area contributed by atoms with E-state index in [4.69, 9.17) is 5.11 Å². The van der Waals surface area contributed by atoms with Crippen LogP contribution >= 0.6 is 0 Å². The fourth-order valence-corrected chi connectivity index (χ4v) is 4.77. The summed E-state index contributed by atoms with van der Waals surface area (Å²) < 4.78 is 3.37. The maximum Gasteiger partial charge on any atom is 0.323 e. The second-order valence-corrected chi connectivity index (χ2v) is 8.06. The van der Waals surface area contributed by atoms with Crippen molar-refractivity contribution in [2.75, 3.05) is 5.32 Å². The summed E-state index contributed by atoms with van der Waals surface area (Å²) in [6, 6.07) is 1.85. The standard InChI is InChI=1S/C20H23N7O3/c1-12-7-13(19(30)27-14(12)8-24-20(27)5-3-2-4-6-20)25-17-16-18(22-10-21-17)26(11-23-16)9-15(28)29/h7,10-11,24H,2-6,8-9H2,1H3,(H,28,29)(H,21,22,25). The Balaban J connectivity index is 1.58. The Labute approximate surface area is 172 Å². The lowest BCUT2D eigenvalue weighted by Gasteiger charge is -2.36. The molecule has 3 aromatic rings. The molecule has 3 N–H and O–H groups in total. The molecule has 1 saturated carbocycles. The topological polar surface area (TPSA) is 127 Å². The zero-order chi connectivity index (χ0) is 20.9. The number of nitrogens with one attached hydrogen (secondary N) is 2. The van der Waals surface area contributed by atoms with E-state index in [1.807, 2.05) is 17.6 Å². The minimum atomic E-state index is -0.986. The fraction of sp³-hybridized carbons (Fsp3) is 0.450. The van der Waals surface area contributed by atoms with Gasteiger partial charge in [0, 0.05) is 12.2 Å². The summed E-state index contributed by atoms with van der Waals surface area (Å²) in [7, 11) is 0. The van der Waals surface area contributed by atoms with Gasteiger partial charge in [-0.15, -0.1) is 0 Å². The number of anilines is 2. The van der Waals surface area contributed by atoms with E-state index in [0.29, 0.717) is 29.2 Å². The van der Waals surface area contributed by atoms with Crippen molar-refractivity contribution < 1.29 is 9.90 Å². The van der Waals surface area contributed by atoms with Crippen molar-refractivity contribution in [1.82, 2.24) is 29.4 Å². The highest BCUT2D eigenvalue weighted by molar-refractivity contribution is 5.85. The first-order valence-electron chi connectivity index (χ1n) is 10.1. The summed E-state index contributed by atoms with van der Waals surface area (Å²) in [6.07, 6.45) is 8.04. The van der Waals surface area contributed by atoms with Crippen LogP contribution in [0.1, 0.15) is 43.4 Å². The molecule has 0 bridgehead atoms. The highest BCUT2D eigenvalue weighted by Crippen LogP contribution is 2.37. The molecule has 1 aliphatic carbocycles. The SMILES string of the molecule is Cc1cc(Nc2ncnc3c2ncn3CC(=O)O)c(=O)n2c1CNC21CCCCC1. The Hall–Kier alpha value is -3.27. The zero-order valence-electron chi connectivity index (χ0n) is 16.7. The molecule has 1 spiro atoms. The zero-order valence-corrected chi connectivity index (χ0v) is 16.7. The Bertz CT molecular complexity index is 1210. The van der Waals surface area contributed by atoms with Gasteiger partial charge in [-0.3, -0.25) is 19.5 Å². The van der Waals surface area contributed by atoms with Crippen molar-refractivity contribution in [2.45, 2.75) is 57.8 Å². The molecule has 1 fully saturated rings. The van der Waals surface area contributed by atoms with Crippen molar-refractivity contribution in [1.29, 1.82) is 0 Å². The number of aryl methyl sites for hydroxylation is 1. The van der Waals surface area contributed by atoms with Gasteiger partial charge in [-0.2, -0.15) is 0 Å². The molecule has 30 heavy (non-hydrogen) atoms. The predicted molar refractivity (Wildman–Crippen MR) is 110 cm³/mol. The molecular weight excluding hydrogens is 386 g/mol. The second-order valence-electron chi connectivity index (χ2n) is 8.06. The van der Waals surface area contributed by atoms with E-state index in [0.717, 1.165) is 36.9 Å². The van der Waals surface area contributed by atoms with Gasteiger partial charge in [0.05, 0.1) is 12.0 Å². The van der Waals surface area contributed by atoms with Crippen molar-refractivity contribution in [2.24, 2.45) is 0 Å². The van der Waals surface area contributed by atoms with E-state index in [2.05, 4.69) is 25.6 Å². The van der Waals surface area contributed by atoms with Crippen LogP contribution in [0.4, 0.5) is 11.5 Å². The summed E-state index contributed by atoms with van der Waals surface area (Å²) in [5, 5.41) is 15.8. The van der Waals surface area contributed by atoms with Crippen LogP contribution in [0.3, 0.4) is 0 Å². The third kappa shape index (κ3) is 2.86. The maximum atomic E-state index is 13.5. The van der Waals surface area contributed by atoms with Gasteiger partial charge >= 0.3 is 5.97 Å². The molecule has 0 unspecified atom stereocenters. The number of pyridine rings is 1. The summed E-state index contributed by atoms with van der Waals surface area (Å²) in [5.41, 5.74) is 2.93. The van der Waals surface area contributed by atoms with E-state index >= 15 is 0 Å². The number of aromatic nitrogens is 5. The molecule has 3 aromatic heterocycles. The number of imidazole rings is 1. The quantitative estimate of drug-likeness (QED) is 0.596. The average molecular weight is 409 g/mol. The molecule has 2 aliphatic rings. The monoisotopic (exact) mass is 409 g/mol. The van der Waals surface area contributed by atoms with Gasteiger partial charge in [0.1, 0.15) is 18.6 Å². The highest BCUT2D eigenvalue weighted by atomic mass is 16.4. The second kappa shape index (κ2) is 6.91. The lowest BCUT2D eigenvalue weighted by atomic mass is 9.89. The predicted octanol–water partition coefficient (Wildman–Crippen LogP) is 1.84. The molecule has 5 rings (SSSR count). The molecule has 10 heteroatoms. The summed E-state index contributed by atoms with van der Waals surface area (Å²) in [4.78, 5) is 37.2. The van der Waals surface area contributed by atoms with E-state index in [1.165, 1.54) is 23.6 Å². The minimum Gasteiger partial charge on any atom is -0.480 e. The Morgan fingerprint density at radius 2 is 2.07 bits per heavy atom. The van der Waals surface area contributed by atoms with Crippen LogP contribution in [-0.2, 0) is 23.5 Å². The van der Waals surface area contributed by atoms with Crippen molar-refractivity contribution in [3.63, 3.8) is 0 Å². The molecule has 1 aliphatic heterocycles. The number of rotatable bonds is 4. The third-order valence-corrected chi connectivity index (χ3v) is 6.17. The van der Waals surface area contributed by atoms with Crippen LogP contribution in [0.15, 0.2) is 23.5 Å². The van der Waals surface area contributed by atoms with Gasteiger partial charge < -0.3 is 15.0 Å². The van der Waals surface area contributed by atoms with E-state index in [-0.39, 0.29) is 17.8 Å². The first-order valence-corrected chi connectivity index (χ1v) is 10.1. The van der Waals surface area contributed by atoms with Crippen LogP contribution in [0, 0.1) is 6.92 Å². The lowest BCUT2D eigenvalue weighted by molar-refractivity contribution is -0.137. The van der Waals surface area contributed by atoms with Gasteiger partial charge in [-0.1, -0.05) is 6.42 Å². The Morgan fingerprint density at radius 3 is 2.83 bits per heavy atom. The van der Waals surface area contributed by atoms with Crippen LogP contribution in [0.2, 0.25) is 0 Å². The van der Waals surface area contributed by atoms with E-state index < -0.39 is 5.97 Å². The first kappa shape index (κ1) is 18.7. The molecule has 0 saturated heterocycles. The summed E-state index contributed by atoms with van der Waals surface area (Å²) in [6.45, 7) is 2.46. The van der Waals surface area contributed by atoms with Gasteiger partial charge in [-0.25, -0.2) is 15.0 Å². The number of hydrogen-bond acceptors (Lipinski definition) is 7. The molecule has 10 nitrogen and oxygen atoms in total. The van der Waals surface area contributed by atoms with Crippen molar-refractivity contribution in [3.05, 3.63) is 40.3 Å². The van der Waals surface area contributed by atoms with Gasteiger partial charge in [0.25, 0.3) is 5.56 Å². The van der Waals surface area contributed by atoms with E-state index in [9.17, 15) is 9.59 Å². The van der Waals surface area contributed by atoms with Gasteiger partial charge in [-0.05, 0) is 44.2 Å². The minimum absolute atomic E-state index is 0.0840. The summed E-state index contributed by atoms with van der Waals surface area (Å²) >= 11 is 0. The van der Waals surface area contributed by atoms with Crippen molar-refractivity contribution in [3.8, 4) is 0 Å². The van der Waals surface area contributed by atoms with Gasteiger partial charge in [0.15, 0.2) is 17.0 Å². The Morgan fingerprint density at radius 1 is 1.27 bits per heavy atom. The smallest absolute Gasteiger partial charge is 0.323 e. The normalized spacial score (nSPS) is 17.4. The average Bonchev–Trinajstić information content (AvgIpc) is 3.29. The van der Waals surface area contributed by atoms with Gasteiger partial charge in [0.2, 0.25) is 0 Å². The maximum absolute atomic E-state index is 13.5. The number of carboxylic acids is 1. The fourth-order valence-electron chi connectivity index (χ4n) is 4.77. The number of carboxylic acid groups (broad SMARTS) is 1. The molecule has 156 valence electrons. The molecule has 0 radical (unpaired) electrons. The van der Waals surface area contributed by atoms with Crippen LogP contribution in [0.5, 0.6) is 0 Å². The largest absolute Gasteiger partial charge is 0.480 e. The molecule has 4 heterocycles. The molecule has 0 atom stereocenters. The van der Waals surface area contributed by atoms with E-state index in [1.54, 1.807) is 0 Å². The summed E-state index contributed by atoms with van der Waals surface area (Å²) in [5.74, 6) is -0.606. The molecular formula is C20H23N7O3. The Kier molecular flexibility index (Phi) is 4.31. The van der Waals surface area contributed by atoms with Crippen LogP contribution < -0.4 is 16.2 Å². The lowest BCUT2D eigenvalue weighted by Crippen LogP contribution is -2.48. The first-order chi connectivity index (χ1) is 14.5. The number of carbonyl (C=O) groups is 1.